The molecule has 0 bridgehead atoms. The molecule has 15 heavy (non-hydrogen) atoms. The van der Waals surface area contributed by atoms with Crippen molar-refractivity contribution in [2.24, 2.45) is 5.50 Å². The third kappa shape index (κ3) is 12.4. The molecule has 0 fully saturated rings. The smallest absolute Gasteiger partial charge is 0.215 e. The van der Waals surface area contributed by atoms with E-state index < -0.39 is 7.58 Å². The second-order valence-corrected chi connectivity index (χ2v) is 6.29. The summed E-state index contributed by atoms with van der Waals surface area (Å²) in [6.07, 6.45) is 5.68. The van der Waals surface area contributed by atoms with E-state index >= 15 is 0 Å². The molecule has 0 spiro atoms. The summed E-state index contributed by atoms with van der Waals surface area (Å²) >= 11 is 1.87. The highest BCUT2D eigenvalue weighted by Gasteiger charge is 2.04. The number of thioether (sulfide) groups is 1. The SMILES string of the molecule is CSCCCCC(C)NCNP(=N)(N)O. The van der Waals surface area contributed by atoms with Crippen molar-refractivity contribution < 1.29 is 4.89 Å². The molecule has 0 saturated carbocycles. The van der Waals surface area contributed by atoms with Gasteiger partial charge in [0, 0.05) is 6.04 Å². The predicted octanol–water partition coefficient (Wildman–Crippen LogP) is 1.52. The molecule has 0 aliphatic carbocycles. The second kappa shape index (κ2) is 8.56. The van der Waals surface area contributed by atoms with Gasteiger partial charge in [0.05, 0.1) is 6.67 Å². The highest BCUT2D eigenvalue weighted by molar-refractivity contribution is 7.98. The number of nitrogens with two attached hydrogens (primary N) is 1. The van der Waals surface area contributed by atoms with Gasteiger partial charge in [-0.05, 0) is 31.8 Å². The van der Waals surface area contributed by atoms with E-state index in [2.05, 4.69) is 23.6 Å². The number of rotatable bonds is 9. The molecular formula is C8H23N4OPS. The first-order chi connectivity index (χ1) is 6.95. The summed E-state index contributed by atoms with van der Waals surface area (Å²) in [5.41, 5.74) is 5.14. The number of unbranched alkanes of at least 4 members (excludes halogenated alkanes) is 1. The Balaban J connectivity index is 3.33. The topological polar surface area (TPSA) is 94.2 Å². The third-order valence-electron chi connectivity index (χ3n) is 2.01. The standard InChI is InChI=1S/C8H23N4OPS/c1-8(5-3-4-6-15-2)11-7-12-14(9,10)13/h8,11H,3-7H2,1-2H3,(H5,9,10,12,13). The van der Waals surface area contributed by atoms with Gasteiger partial charge in [-0.1, -0.05) is 6.42 Å². The minimum absolute atomic E-state index is 0.394. The number of hydrogen-bond acceptors (Lipinski definition) is 3. The van der Waals surface area contributed by atoms with Crippen molar-refractivity contribution in [1.29, 1.82) is 5.16 Å². The van der Waals surface area contributed by atoms with Crippen LogP contribution in [-0.4, -0.2) is 29.6 Å². The average molecular weight is 254 g/mol. The van der Waals surface area contributed by atoms with Gasteiger partial charge in [-0.2, -0.15) is 11.8 Å². The zero-order valence-corrected chi connectivity index (χ0v) is 11.2. The second-order valence-electron chi connectivity index (χ2n) is 3.61. The zero-order chi connectivity index (χ0) is 11.7. The lowest BCUT2D eigenvalue weighted by Crippen LogP contribution is -2.35. The monoisotopic (exact) mass is 254 g/mol. The lowest BCUT2D eigenvalue weighted by atomic mass is 10.1. The summed E-state index contributed by atoms with van der Waals surface area (Å²) in [5, 5.41) is 12.8. The molecular weight excluding hydrogens is 231 g/mol. The molecule has 0 aliphatic rings. The molecule has 92 valence electrons. The molecule has 5 nitrogen and oxygen atoms in total. The van der Waals surface area contributed by atoms with Gasteiger partial charge in [-0.15, -0.1) is 0 Å². The van der Waals surface area contributed by atoms with E-state index in [1.807, 2.05) is 11.8 Å². The third-order valence-corrected chi connectivity index (χ3v) is 3.34. The largest absolute Gasteiger partial charge is 0.337 e. The van der Waals surface area contributed by atoms with E-state index in [1.165, 1.54) is 18.6 Å². The molecule has 2 atom stereocenters. The minimum atomic E-state index is -3.07. The number of nitrogens with one attached hydrogen (secondary N) is 3. The molecule has 0 aromatic rings. The Kier molecular flexibility index (Phi) is 8.80. The van der Waals surface area contributed by atoms with E-state index in [9.17, 15) is 0 Å². The van der Waals surface area contributed by atoms with E-state index in [1.54, 1.807) is 0 Å². The lowest BCUT2D eigenvalue weighted by molar-refractivity contribution is 0.485. The molecule has 0 rings (SSSR count). The fourth-order valence-electron chi connectivity index (χ4n) is 1.14. The van der Waals surface area contributed by atoms with E-state index in [0.717, 1.165) is 6.42 Å². The Morgan fingerprint density at radius 3 is 2.73 bits per heavy atom. The van der Waals surface area contributed by atoms with Gasteiger partial charge in [0.15, 0.2) is 0 Å². The molecule has 0 aromatic carbocycles. The molecule has 6 N–H and O–H groups in total. The van der Waals surface area contributed by atoms with Crippen molar-refractivity contribution in [3.8, 4) is 0 Å². The summed E-state index contributed by atoms with van der Waals surface area (Å²) in [6.45, 7) is 2.49. The zero-order valence-electron chi connectivity index (χ0n) is 9.49. The van der Waals surface area contributed by atoms with Crippen LogP contribution in [0.25, 0.3) is 0 Å². The first kappa shape index (κ1) is 15.4. The van der Waals surface area contributed by atoms with Crippen LogP contribution in [0.2, 0.25) is 0 Å². The van der Waals surface area contributed by atoms with Crippen molar-refractivity contribution >= 4 is 19.3 Å². The minimum Gasteiger partial charge on any atom is -0.337 e. The van der Waals surface area contributed by atoms with Gasteiger partial charge >= 0.3 is 0 Å². The summed E-state index contributed by atoms with van der Waals surface area (Å²) < 4.78 is 0. The van der Waals surface area contributed by atoms with Crippen LogP contribution in [0.1, 0.15) is 26.2 Å². The average Bonchev–Trinajstić information content (AvgIpc) is 2.10. The summed E-state index contributed by atoms with van der Waals surface area (Å²) in [7, 11) is -3.07. The van der Waals surface area contributed by atoms with Crippen molar-refractivity contribution in [1.82, 2.24) is 10.4 Å². The maximum absolute atomic E-state index is 8.98. The molecule has 0 radical (unpaired) electrons. The van der Waals surface area contributed by atoms with E-state index in [0.29, 0.717) is 12.7 Å². The van der Waals surface area contributed by atoms with Crippen LogP contribution in [0.4, 0.5) is 0 Å². The van der Waals surface area contributed by atoms with Crippen LogP contribution in [0.3, 0.4) is 0 Å². The van der Waals surface area contributed by atoms with Crippen LogP contribution in [0, 0.1) is 5.16 Å². The number of hydrogen-bond donors (Lipinski definition) is 5. The first-order valence-electron chi connectivity index (χ1n) is 5.08. The van der Waals surface area contributed by atoms with Crippen molar-refractivity contribution in [3.63, 3.8) is 0 Å². The van der Waals surface area contributed by atoms with Gasteiger partial charge in [-0.3, -0.25) is 10.7 Å². The van der Waals surface area contributed by atoms with Crippen molar-refractivity contribution in [3.05, 3.63) is 0 Å². The van der Waals surface area contributed by atoms with Gasteiger partial charge in [0.25, 0.3) is 0 Å². The van der Waals surface area contributed by atoms with E-state index in [-0.39, 0.29) is 0 Å². The quantitative estimate of drug-likeness (QED) is 0.244. The highest BCUT2D eigenvalue weighted by atomic mass is 32.2. The summed E-state index contributed by atoms with van der Waals surface area (Å²) in [4.78, 5) is 8.98. The Labute approximate surface area is 96.6 Å². The van der Waals surface area contributed by atoms with Gasteiger partial charge in [0.2, 0.25) is 7.58 Å². The Morgan fingerprint density at radius 1 is 1.53 bits per heavy atom. The highest BCUT2D eigenvalue weighted by Crippen LogP contribution is 2.22. The molecule has 7 heteroatoms. The van der Waals surface area contributed by atoms with Gasteiger partial charge in [0.1, 0.15) is 0 Å². The lowest BCUT2D eigenvalue weighted by Gasteiger charge is -2.16. The van der Waals surface area contributed by atoms with Gasteiger partial charge in [-0.25, -0.2) is 5.09 Å². The van der Waals surface area contributed by atoms with Crippen molar-refractivity contribution in [2.45, 2.75) is 32.2 Å². The van der Waals surface area contributed by atoms with Crippen LogP contribution < -0.4 is 15.9 Å². The van der Waals surface area contributed by atoms with Crippen LogP contribution >= 0.6 is 19.3 Å². The Morgan fingerprint density at radius 2 is 2.20 bits per heavy atom. The van der Waals surface area contributed by atoms with Crippen LogP contribution in [-0.2, 0) is 0 Å². The molecule has 0 amide bonds. The first-order valence-corrected chi connectivity index (χ1v) is 8.29. The molecule has 0 saturated heterocycles. The maximum atomic E-state index is 8.98. The Bertz CT molecular complexity index is 199. The van der Waals surface area contributed by atoms with Crippen molar-refractivity contribution in [2.75, 3.05) is 18.7 Å². The summed E-state index contributed by atoms with van der Waals surface area (Å²) in [5.74, 6) is 1.21. The predicted molar refractivity (Wildman–Crippen MR) is 68.9 cm³/mol. The van der Waals surface area contributed by atoms with Crippen LogP contribution in [0.15, 0.2) is 0 Å². The normalized spacial score (nSPS) is 17.3. The Hall–Kier alpha value is 0.420. The fourth-order valence-corrected chi connectivity index (χ4v) is 1.96. The van der Waals surface area contributed by atoms with Gasteiger partial charge < -0.3 is 10.2 Å². The molecule has 0 heterocycles. The summed E-state index contributed by atoms with van der Waals surface area (Å²) in [6, 6.07) is 0.394. The van der Waals surface area contributed by atoms with E-state index in [4.69, 9.17) is 15.6 Å². The molecule has 0 aliphatic heterocycles. The molecule has 2 unspecified atom stereocenters. The fraction of sp³-hybridized carbons (Fsp3) is 1.00. The maximum Gasteiger partial charge on any atom is 0.215 e. The van der Waals surface area contributed by atoms with Crippen LogP contribution in [0.5, 0.6) is 0 Å². The molecule has 0 aromatic heterocycles.